The van der Waals surface area contributed by atoms with E-state index in [1.165, 1.54) is 19.3 Å². The van der Waals surface area contributed by atoms with Crippen LogP contribution in [0, 0.1) is 28.6 Å². The van der Waals surface area contributed by atoms with Gasteiger partial charge in [-0.1, -0.05) is 46.6 Å². The third-order valence-corrected chi connectivity index (χ3v) is 7.60. The summed E-state index contributed by atoms with van der Waals surface area (Å²) in [6, 6.07) is 0. The van der Waals surface area contributed by atoms with Crippen LogP contribution in [0.15, 0.2) is 11.6 Å². The van der Waals surface area contributed by atoms with E-state index >= 15 is 0 Å². The van der Waals surface area contributed by atoms with E-state index in [0.717, 1.165) is 31.3 Å². The molecule has 3 saturated carbocycles. The van der Waals surface area contributed by atoms with Crippen molar-refractivity contribution in [3.8, 4) is 0 Å². The number of hydrogen-bond donors (Lipinski definition) is 1. The average molecular weight is 392 g/mol. The Morgan fingerprint density at radius 1 is 1.21 bits per heavy atom. The largest absolute Gasteiger partial charge is 0.461 e. The maximum Gasteiger partial charge on any atom is 0.330 e. The number of likely N-dealkylation sites (N-methyl/N-ethyl adjacent to an activating group) is 1. The van der Waals surface area contributed by atoms with E-state index in [9.17, 15) is 9.59 Å². The van der Waals surface area contributed by atoms with Gasteiger partial charge >= 0.3 is 5.97 Å². The highest BCUT2D eigenvalue weighted by Crippen LogP contribution is 2.63. The molecule has 0 aromatic carbocycles. The minimum Gasteiger partial charge on any atom is -0.461 e. The van der Waals surface area contributed by atoms with Crippen LogP contribution in [0.25, 0.3) is 0 Å². The Hall–Kier alpha value is -1.16. The second-order valence-electron chi connectivity index (χ2n) is 9.60. The summed E-state index contributed by atoms with van der Waals surface area (Å²) in [5, 5.41) is 2.96. The molecule has 4 nitrogen and oxygen atoms in total. The third-order valence-electron chi connectivity index (χ3n) is 7.60. The molecule has 0 aromatic heterocycles. The predicted octanol–water partition coefficient (Wildman–Crippen LogP) is 4.92. The molecule has 28 heavy (non-hydrogen) atoms. The molecule has 3 aliphatic carbocycles. The zero-order chi connectivity index (χ0) is 20.9. The number of ketones is 1. The normalized spacial score (nSPS) is 35.3. The van der Waals surface area contributed by atoms with E-state index in [-0.39, 0.29) is 22.7 Å². The Labute approximate surface area is 171 Å². The predicted molar refractivity (Wildman–Crippen MR) is 114 cm³/mol. The molecular formula is C24H41NO3. The van der Waals surface area contributed by atoms with Crippen LogP contribution in [0.3, 0.4) is 0 Å². The zero-order valence-corrected chi connectivity index (χ0v) is 18.9. The van der Waals surface area contributed by atoms with Crippen molar-refractivity contribution >= 4 is 11.8 Å². The lowest BCUT2D eigenvalue weighted by Gasteiger charge is -2.60. The number of carbonyl (C=O) groups excluding carboxylic acids is 2. The van der Waals surface area contributed by atoms with Crippen LogP contribution in [0.2, 0.25) is 0 Å². The maximum absolute atomic E-state index is 13.0. The lowest BCUT2D eigenvalue weighted by Crippen LogP contribution is -2.55. The number of esters is 1. The van der Waals surface area contributed by atoms with Crippen LogP contribution in [-0.2, 0) is 14.3 Å². The molecule has 0 heterocycles. The van der Waals surface area contributed by atoms with Crippen molar-refractivity contribution in [2.45, 2.75) is 79.6 Å². The number of carbonyl (C=O) groups is 2. The number of nitrogens with one attached hydrogen (secondary N) is 1. The standard InChI is InChI=1S/C22H35NO3.C2H6/c1-21(2)8-5-9-22(3)17-7-6-15(13-20(25)26-11-10-23-4)12-16(17)18(24)14-19(21)22;1-2/h13,16-17,19,23H,5-12,14H2,1-4H3;1-2H3/b15-13+;/t16?,17?,19?,22-;/m1./s1. The van der Waals surface area contributed by atoms with Gasteiger partial charge in [0.15, 0.2) is 0 Å². The van der Waals surface area contributed by atoms with Crippen LogP contribution in [0.5, 0.6) is 0 Å². The fraction of sp³-hybridized carbons (Fsp3) is 0.833. The minimum absolute atomic E-state index is 0.107. The molecule has 0 aromatic rings. The van der Waals surface area contributed by atoms with E-state index in [0.29, 0.717) is 30.8 Å². The van der Waals surface area contributed by atoms with Gasteiger partial charge in [-0.2, -0.15) is 0 Å². The molecule has 3 fully saturated rings. The number of ether oxygens (including phenoxy) is 1. The first-order chi connectivity index (χ1) is 13.3. The first-order valence-electron chi connectivity index (χ1n) is 11.3. The number of allylic oxidation sites excluding steroid dienone is 1. The Kier molecular flexibility index (Phi) is 7.89. The zero-order valence-electron chi connectivity index (χ0n) is 18.9. The van der Waals surface area contributed by atoms with Crippen LogP contribution in [-0.4, -0.2) is 32.0 Å². The van der Waals surface area contributed by atoms with Crippen molar-refractivity contribution in [1.82, 2.24) is 5.32 Å². The fourth-order valence-electron chi connectivity index (χ4n) is 6.26. The molecule has 0 radical (unpaired) electrons. The molecule has 0 saturated heterocycles. The second-order valence-corrected chi connectivity index (χ2v) is 9.60. The first kappa shape index (κ1) is 23.1. The highest BCUT2D eigenvalue weighted by atomic mass is 16.5. The van der Waals surface area contributed by atoms with E-state index in [2.05, 4.69) is 26.1 Å². The fourth-order valence-corrected chi connectivity index (χ4v) is 6.26. The maximum atomic E-state index is 13.0. The number of Topliss-reactive ketones (excluding diaryl/α,β-unsaturated/α-hetero) is 1. The summed E-state index contributed by atoms with van der Waals surface area (Å²) < 4.78 is 5.22. The van der Waals surface area contributed by atoms with Crippen molar-refractivity contribution in [2.75, 3.05) is 20.2 Å². The van der Waals surface area contributed by atoms with E-state index in [1.54, 1.807) is 6.08 Å². The van der Waals surface area contributed by atoms with Gasteiger partial charge in [-0.05, 0) is 61.8 Å². The van der Waals surface area contributed by atoms with Crippen LogP contribution >= 0.6 is 0 Å². The van der Waals surface area contributed by atoms with Crippen molar-refractivity contribution in [3.63, 3.8) is 0 Å². The molecule has 3 unspecified atom stereocenters. The summed E-state index contributed by atoms with van der Waals surface area (Å²) in [5.41, 5.74) is 1.64. The van der Waals surface area contributed by atoms with Crippen LogP contribution in [0.4, 0.5) is 0 Å². The van der Waals surface area contributed by atoms with Gasteiger partial charge in [0.1, 0.15) is 12.4 Å². The van der Waals surface area contributed by atoms with E-state index in [4.69, 9.17) is 4.74 Å². The van der Waals surface area contributed by atoms with Gasteiger partial charge < -0.3 is 10.1 Å². The third kappa shape index (κ3) is 4.69. The number of fused-ring (bicyclic) bond motifs is 3. The molecule has 0 aliphatic heterocycles. The van der Waals surface area contributed by atoms with Gasteiger partial charge in [-0.25, -0.2) is 4.79 Å². The lowest BCUT2D eigenvalue weighted by atomic mass is 9.44. The van der Waals surface area contributed by atoms with Gasteiger partial charge in [-0.15, -0.1) is 0 Å². The summed E-state index contributed by atoms with van der Waals surface area (Å²) in [5.74, 6) is 1.26. The van der Waals surface area contributed by atoms with Gasteiger partial charge in [-0.3, -0.25) is 4.79 Å². The summed E-state index contributed by atoms with van der Waals surface area (Å²) in [4.78, 5) is 25.0. The molecular weight excluding hydrogens is 350 g/mol. The van der Waals surface area contributed by atoms with E-state index < -0.39 is 0 Å². The Balaban J connectivity index is 0.00000136. The van der Waals surface area contributed by atoms with Gasteiger partial charge in [0.2, 0.25) is 0 Å². The van der Waals surface area contributed by atoms with E-state index in [1.807, 2.05) is 20.9 Å². The topological polar surface area (TPSA) is 55.4 Å². The first-order valence-corrected chi connectivity index (χ1v) is 11.3. The Morgan fingerprint density at radius 2 is 1.93 bits per heavy atom. The molecule has 4 atom stereocenters. The SMILES string of the molecule is CC.CNCCOC(=O)/C=C1\CCC2C(C1)C(=O)CC1C(C)(C)CCC[C@]21C. The average Bonchev–Trinajstić information content (AvgIpc) is 2.65. The molecule has 1 N–H and O–H groups in total. The summed E-state index contributed by atoms with van der Waals surface area (Å²) >= 11 is 0. The second kappa shape index (κ2) is 9.56. The Morgan fingerprint density at radius 3 is 2.61 bits per heavy atom. The van der Waals surface area contributed by atoms with Crippen molar-refractivity contribution in [3.05, 3.63) is 11.6 Å². The molecule has 4 heteroatoms. The van der Waals surface area contributed by atoms with Crippen molar-refractivity contribution in [1.29, 1.82) is 0 Å². The van der Waals surface area contributed by atoms with Crippen molar-refractivity contribution < 1.29 is 14.3 Å². The monoisotopic (exact) mass is 391 g/mol. The molecule has 3 rings (SSSR count). The summed E-state index contributed by atoms with van der Waals surface area (Å²) in [7, 11) is 1.84. The number of hydrogen-bond acceptors (Lipinski definition) is 4. The van der Waals surface area contributed by atoms with Gasteiger partial charge in [0.05, 0.1) is 0 Å². The minimum atomic E-state index is -0.264. The van der Waals surface area contributed by atoms with Crippen LogP contribution < -0.4 is 5.32 Å². The van der Waals surface area contributed by atoms with Crippen LogP contribution in [0.1, 0.15) is 79.6 Å². The molecule has 3 aliphatic rings. The lowest BCUT2D eigenvalue weighted by molar-refractivity contribution is -0.151. The quantitative estimate of drug-likeness (QED) is 0.420. The molecule has 0 bridgehead atoms. The smallest absolute Gasteiger partial charge is 0.330 e. The number of rotatable bonds is 4. The molecule has 160 valence electrons. The summed E-state index contributed by atoms with van der Waals surface area (Å²) in [6.45, 7) is 12.2. The highest BCUT2D eigenvalue weighted by molar-refractivity contribution is 5.85. The Bertz CT molecular complexity index is 595. The van der Waals surface area contributed by atoms with Gasteiger partial charge in [0, 0.05) is 25.0 Å². The van der Waals surface area contributed by atoms with Crippen molar-refractivity contribution in [2.24, 2.45) is 28.6 Å². The molecule has 0 spiro atoms. The van der Waals surface area contributed by atoms with Gasteiger partial charge in [0.25, 0.3) is 0 Å². The highest BCUT2D eigenvalue weighted by Gasteiger charge is 2.57. The summed E-state index contributed by atoms with van der Waals surface area (Å²) in [6.07, 6.45) is 8.86. The molecule has 0 amide bonds.